The molecule has 0 bridgehead atoms. The van der Waals surface area contributed by atoms with E-state index < -0.39 is 5.91 Å². The molecule has 0 unspecified atom stereocenters. The highest BCUT2D eigenvalue weighted by molar-refractivity contribution is 6.11. The van der Waals surface area contributed by atoms with Crippen LogP contribution in [-0.4, -0.2) is 60.3 Å². The predicted octanol–water partition coefficient (Wildman–Crippen LogP) is 1.30. The SMILES string of the molecule is COc1cccc2c1C(=O)N(c1nnc(C(=O)Nc3cnccc3N3CCNCC3)o1)C2. The van der Waals surface area contributed by atoms with Crippen molar-refractivity contribution in [3.8, 4) is 5.75 Å². The lowest BCUT2D eigenvalue weighted by molar-refractivity contribution is 0.0970. The lowest BCUT2D eigenvalue weighted by atomic mass is 10.1. The third-order valence-electron chi connectivity index (χ3n) is 5.46. The molecule has 0 atom stereocenters. The molecule has 3 aromatic rings. The highest BCUT2D eigenvalue weighted by atomic mass is 16.5. The van der Waals surface area contributed by atoms with Crippen molar-refractivity contribution in [1.29, 1.82) is 0 Å². The lowest BCUT2D eigenvalue weighted by Gasteiger charge is -2.30. The average Bonchev–Trinajstić information content (AvgIpc) is 3.45. The third-order valence-corrected chi connectivity index (χ3v) is 5.46. The molecule has 0 aliphatic carbocycles. The largest absolute Gasteiger partial charge is 0.496 e. The lowest BCUT2D eigenvalue weighted by Crippen LogP contribution is -2.43. The number of ether oxygens (including phenoxy) is 1. The zero-order valence-electron chi connectivity index (χ0n) is 17.4. The molecule has 2 aliphatic heterocycles. The molecule has 5 rings (SSSR count). The van der Waals surface area contributed by atoms with Crippen LogP contribution in [0.4, 0.5) is 17.4 Å². The van der Waals surface area contributed by atoms with Crippen LogP contribution in [-0.2, 0) is 6.54 Å². The van der Waals surface area contributed by atoms with E-state index in [0.717, 1.165) is 37.4 Å². The molecule has 2 amide bonds. The van der Waals surface area contributed by atoms with E-state index in [1.54, 1.807) is 18.5 Å². The number of carbonyl (C=O) groups is 2. The molecule has 2 aromatic heterocycles. The van der Waals surface area contributed by atoms with Gasteiger partial charge in [0.2, 0.25) is 0 Å². The summed E-state index contributed by atoms with van der Waals surface area (Å²) in [6.45, 7) is 3.61. The maximum absolute atomic E-state index is 12.9. The molecule has 1 aromatic carbocycles. The summed E-state index contributed by atoms with van der Waals surface area (Å²) in [6, 6.07) is 7.17. The van der Waals surface area contributed by atoms with E-state index >= 15 is 0 Å². The van der Waals surface area contributed by atoms with Gasteiger partial charge in [-0.25, -0.2) is 0 Å². The number of benzene rings is 1. The van der Waals surface area contributed by atoms with E-state index in [1.165, 1.54) is 12.0 Å². The summed E-state index contributed by atoms with van der Waals surface area (Å²) in [5.41, 5.74) is 2.66. The minimum Gasteiger partial charge on any atom is -0.496 e. The van der Waals surface area contributed by atoms with E-state index in [1.807, 2.05) is 18.2 Å². The Morgan fingerprint density at radius 3 is 2.88 bits per heavy atom. The van der Waals surface area contributed by atoms with Gasteiger partial charge in [0.1, 0.15) is 5.75 Å². The van der Waals surface area contributed by atoms with Crippen LogP contribution in [0.3, 0.4) is 0 Å². The molecule has 32 heavy (non-hydrogen) atoms. The van der Waals surface area contributed by atoms with Gasteiger partial charge in [0.25, 0.3) is 5.91 Å². The van der Waals surface area contributed by atoms with Gasteiger partial charge in [0, 0.05) is 32.4 Å². The first-order valence-corrected chi connectivity index (χ1v) is 10.2. The Morgan fingerprint density at radius 1 is 1.22 bits per heavy atom. The number of nitrogens with zero attached hydrogens (tertiary/aromatic N) is 5. The topological polar surface area (TPSA) is 126 Å². The molecule has 2 aliphatic rings. The zero-order chi connectivity index (χ0) is 22.1. The molecule has 1 saturated heterocycles. The van der Waals surface area contributed by atoms with Crippen molar-refractivity contribution >= 4 is 29.2 Å². The molecule has 11 heteroatoms. The number of hydrogen-bond acceptors (Lipinski definition) is 9. The van der Waals surface area contributed by atoms with Gasteiger partial charge in [-0.3, -0.25) is 19.5 Å². The van der Waals surface area contributed by atoms with Gasteiger partial charge in [-0.1, -0.05) is 17.2 Å². The molecular formula is C21H21N7O4. The molecule has 0 spiro atoms. The predicted molar refractivity (Wildman–Crippen MR) is 115 cm³/mol. The zero-order valence-corrected chi connectivity index (χ0v) is 17.4. The van der Waals surface area contributed by atoms with Crippen molar-refractivity contribution in [1.82, 2.24) is 20.5 Å². The average molecular weight is 435 g/mol. The van der Waals surface area contributed by atoms with Crippen LogP contribution in [0.25, 0.3) is 0 Å². The molecule has 164 valence electrons. The summed E-state index contributed by atoms with van der Waals surface area (Å²) in [6.07, 6.45) is 3.27. The van der Waals surface area contributed by atoms with Crippen molar-refractivity contribution in [3.63, 3.8) is 0 Å². The molecule has 4 heterocycles. The second-order valence-corrected chi connectivity index (χ2v) is 7.36. The van der Waals surface area contributed by atoms with E-state index in [2.05, 4.69) is 30.7 Å². The van der Waals surface area contributed by atoms with Crippen molar-refractivity contribution in [2.45, 2.75) is 6.54 Å². The highest BCUT2D eigenvalue weighted by Crippen LogP contribution is 2.33. The minimum absolute atomic E-state index is 0.0491. The Bertz CT molecular complexity index is 1170. The number of nitrogens with one attached hydrogen (secondary N) is 2. The first-order chi connectivity index (χ1) is 15.7. The summed E-state index contributed by atoms with van der Waals surface area (Å²) >= 11 is 0. The molecule has 0 saturated carbocycles. The number of carbonyl (C=O) groups excluding carboxylic acids is 2. The molecule has 2 N–H and O–H groups in total. The van der Waals surface area contributed by atoms with Gasteiger partial charge >= 0.3 is 17.8 Å². The standard InChI is InChI=1S/C21H21N7O4/c1-31-16-4-2-3-13-12-28(20(30)17(13)16)21-26-25-19(32-21)18(29)24-14-11-23-6-5-15(14)27-9-7-22-8-10-27/h2-6,11,22H,7-10,12H2,1H3,(H,24,29). The number of amides is 2. The Hall–Kier alpha value is -3.99. The van der Waals surface area contributed by atoms with Crippen LogP contribution < -0.4 is 25.2 Å². The van der Waals surface area contributed by atoms with Crippen LogP contribution >= 0.6 is 0 Å². The number of piperazine rings is 1. The normalized spacial score (nSPS) is 15.6. The summed E-state index contributed by atoms with van der Waals surface area (Å²) in [5, 5.41) is 13.8. The smallest absolute Gasteiger partial charge is 0.326 e. The number of fused-ring (bicyclic) bond motifs is 1. The van der Waals surface area contributed by atoms with Gasteiger partial charge in [-0.2, -0.15) is 0 Å². The number of methoxy groups -OCH3 is 1. The van der Waals surface area contributed by atoms with Crippen molar-refractivity contribution < 1.29 is 18.7 Å². The Labute approximate surface area is 183 Å². The molecule has 11 nitrogen and oxygen atoms in total. The van der Waals surface area contributed by atoms with Crippen LogP contribution in [0.1, 0.15) is 26.6 Å². The Kier molecular flexibility index (Phi) is 5.15. The first kappa shape index (κ1) is 19.9. The van der Waals surface area contributed by atoms with Crippen molar-refractivity contribution in [3.05, 3.63) is 53.7 Å². The quantitative estimate of drug-likeness (QED) is 0.610. The van der Waals surface area contributed by atoms with Gasteiger partial charge in [-0.15, -0.1) is 5.10 Å². The van der Waals surface area contributed by atoms with E-state index in [4.69, 9.17) is 9.15 Å². The summed E-state index contributed by atoms with van der Waals surface area (Å²) in [5.74, 6) is -0.661. The molecular weight excluding hydrogens is 414 g/mol. The maximum atomic E-state index is 12.9. The minimum atomic E-state index is -0.574. The fourth-order valence-electron chi connectivity index (χ4n) is 3.91. The van der Waals surface area contributed by atoms with Crippen LogP contribution in [0.2, 0.25) is 0 Å². The van der Waals surface area contributed by atoms with Crippen LogP contribution in [0.5, 0.6) is 5.75 Å². The number of hydrogen-bond donors (Lipinski definition) is 2. The second-order valence-electron chi connectivity index (χ2n) is 7.36. The number of aromatic nitrogens is 3. The van der Waals surface area contributed by atoms with E-state index in [-0.39, 0.29) is 24.4 Å². The highest BCUT2D eigenvalue weighted by Gasteiger charge is 2.35. The molecule has 1 fully saturated rings. The van der Waals surface area contributed by atoms with Crippen LogP contribution in [0, 0.1) is 0 Å². The summed E-state index contributed by atoms with van der Waals surface area (Å²) < 4.78 is 10.8. The number of anilines is 3. The van der Waals surface area contributed by atoms with Crippen LogP contribution in [0.15, 0.2) is 41.1 Å². The monoisotopic (exact) mass is 435 g/mol. The summed E-state index contributed by atoms with van der Waals surface area (Å²) in [7, 11) is 1.51. The van der Waals surface area contributed by atoms with Crippen molar-refractivity contribution in [2.75, 3.05) is 48.4 Å². The second kappa shape index (κ2) is 8.27. The van der Waals surface area contributed by atoms with Crippen molar-refractivity contribution in [2.24, 2.45) is 0 Å². The van der Waals surface area contributed by atoms with Gasteiger partial charge < -0.3 is 24.7 Å². The Morgan fingerprint density at radius 2 is 2.06 bits per heavy atom. The number of pyridine rings is 1. The van der Waals surface area contributed by atoms with Gasteiger partial charge in [-0.05, 0) is 17.7 Å². The van der Waals surface area contributed by atoms with Gasteiger partial charge in [0.05, 0.1) is 36.8 Å². The summed E-state index contributed by atoms with van der Waals surface area (Å²) in [4.78, 5) is 33.3. The first-order valence-electron chi connectivity index (χ1n) is 10.2. The Balaban J connectivity index is 1.34. The molecule has 0 radical (unpaired) electrons. The van der Waals surface area contributed by atoms with Gasteiger partial charge in [0.15, 0.2) is 0 Å². The maximum Gasteiger partial charge on any atom is 0.326 e. The fourth-order valence-corrected chi connectivity index (χ4v) is 3.91. The third kappa shape index (κ3) is 3.52. The van der Waals surface area contributed by atoms with E-state index in [0.29, 0.717) is 17.0 Å². The fraction of sp³-hybridized carbons (Fsp3) is 0.286. The number of rotatable bonds is 5. The van der Waals surface area contributed by atoms with E-state index in [9.17, 15) is 9.59 Å².